The van der Waals surface area contributed by atoms with Crippen molar-refractivity contribution in [1.82, 2.24) is 10.9 Å². The molecule has 1 aliphatic heterocycles. The summed E-state index contributed by atoms with van der Waals surface area (Å²) in [6.45, 7) is 0.0494. The van der Waals surface area contributed by atoms with E-state index in [-0.39, 0.29) is 18.3 Å². The molecule has 2 aromatic carbocycles. The highest BCUT2D eigenvalue weighted by Gasteiger charge is 2.46. The maximum atomic E-state index is 13.6. The maximum Gasteiger partial charge on any atom is 0.283 e. The standard InChI is InChI=1S/C20H19FN2O4/c21-14-6-3-5-13(11-14)20(9-4-10-20)19(25)23-22-18(24)17-12-26-15-7-1-2-8-16(15)27-17/h1-3,5-8,11,17H,4,9-10,12H2,(H,22,24)(H,23,25)/t17-/m1/s1. The Balaban J connectivity index is 1.40. The zero-order valence-corrected chi connectivity index (χ0v) is 14.5. The molecule has 140 valence electrons. The fourth-order valence-electron chi connectivity index (χ4n) is 3.43. The van der Waals surface area contributed by atoms with E-state index in [2.05, 4.69) is 10.9 Å². The van der Waals surface area contributed by atoms with E-state index in [1.165, 1.54) is 12.1 Å². The summed E-state index contributed by atoms with van der Waals surface area (Å²) in [5, 5.41) is 0. The monoisotopic (exact) mass is 370 g/mol. The van der Waals surface area contributed by atoms with Gasteiger partial charge in [0.2, 0.25) is 12.0 Å². The van der Waals surface area contributed by atoms with Gasteiger partial charge in [-0.3, -0.25) is 20.4 Å². The van der Waals surface area contributed by atoms with Gasteiger partial charge in [-0.05, 0) is 42.7 Å². The molecule has 7 heteroatoms. The number of rotatable bonds is 3. The molecule has 1 heterocycles. The minimum atomic E-state index is -0.869. The van der Waals surface area contributed by atoms with Crippen LogP contribution in [0.1, 0.15) is 24.8 Å². The number of benzene rings is 2. The van der Waals surface area contributed by atoms with Crippen LogP contribution in [0.2, 0.25) is 0 Å². The molecule has 1 aliphatic carbocycles. The molecule has 0 saturated heterocycles. The van der Waals surface area contributed by atoms with Crippen molar-refractivity contribution in [2.24, 2.45) is 0 Å². The second kappa shape index (κ2) is 6.90. The minimum absolute atomic E-state index is 0.0494. The van der Waals surface area contributed by atoms with Gasteiger partial charge in [0.25, 0.3) is 5.91 Å². The Morgan fingerprint density at radius 3 is 2.52 bits per heavy atom. The predicted octanol–water partition coefficient (Wildman–Crippen LogP) is 2.23. The van der Waals surface area contributed by atoms with E-state index in [1.807, 2.05) is 6.07 Å². The van der Waals surface area contributed by atoms with Crippen LogP contribution >= 0.6 is 0 Å². The maximum absolute atomic E-state index is 13.6. The molecule has 2 amide bonds. The van der Waals surface area contributed by atoms with E-state index in [0.29, 0.717) is 29.9 Å². The van der Waals surface area contributed by atoms with E-state index < -0.39 is 17.4 Å². The van der Waals surface area contributed by atoms with Gasteiger partial charge < -0.3 is 9.47 Å². The molecule has 2 N–H and O–H groups in total. The first kappa shape index (κ1) is 17.3. The van der Waals surface area contributed by atoms with Crippen LogP contribution in [0.15, 0.2) is 48.5 Å². The molecule has 1 fully saturated rings. The summed E-state index contributed by atoms with van der Waals surface area (Å²) in [6, 6.07) is 13.1. The highest BCUT2D eigenvalue weighted by molar-refractivity contribution is 5.91. The van der Waals surface area contributed by atoms with Gasteiger partial charge in [-0.1, -0.05) is 30.7 Å². The number of carbonyl (C=O) groups is 2. The molecule has 1 saturated carbocycles. The minimum Gasteiger partial charge on any atom is -0.485 e. The lowest BCUT2D eigenvalue weighted by atomic mass is 9.64. The van der Waals surface area contributed by atoms with Gasteiger partial charge in [0.1, 0.15) is 12.4 Å². The number of amides is 2. The molecule has 0 bridgehead atoms. The molecule has 0 unspecified atom stereocenters. The zero-order chi connectivity index (χ0) is 18.9. The number of carbonyl (C=O) groups excluding carboxylic acids is 2. The normalized spacial score (nSPS) is 19.5. The molecule has 2 aliphatic rings. The third-order valence-electron chi connectivity index (χ3n) is 5.12. The number of nitrogens with one attached hydrogen (secondary N) is 2. The summed E-state index contributed by atoms with van der Waals surface area (Å²) < 4.78 is 24.7. The molecule has 6 nitrogen and oxygen atoms in total. The number of hydrazine groups is 1. The van der Waals surface area contributed by atoms with E-state index in [0.717, 1.165) is 6.42 Å². The SMILES string of the molecule is O=C(NNC(=O)C1(c2cccc(F)c2)CCC1)[C@H]1COc2ccccc2O1. The predicted molar refractivity (Wildman–Crippen MR) is 94.6 cm³/mol. The van der Waals surface area contributed by atoms with Crippen LogP contribution in [0.3, 0.4) is 0 Å². The summed E-state index contributed by atoms with van der Waals surface area (Å²) in [6.07, 6.45) is 1.21. The van der Waals surface area contributed by atoms with Gasteiger partial charge in [-0.15, -0.1) is 0 Å². The van der Waals surface area contributed by atoms with Gasteiger partial charge >= 0.3 is 0 Å². The molecular formula is C20H19FN2O4. The number of para-hydroxylation sites is 2. The van der Waals surface area contributed by atoms with Crippen LogP contribution in [0, 0.1) is 5.82 Å². The van der Waals surface area contributed by atoms with Crippen LogP contribution in [0.25, 0.3) is 0 Å². The molecule has 2 aromatic rings. The second-order valence-corrected chi connectivity index (χ2v) is 6.75. The van der Waals surface area contributed by atoms with Gasteiger partial charge in [-0.25, -0.2) is 4.39 Å². The summed E-state index contributed by atoms with van der Waals surface area (Å²) >= 11 is 0. The van der Waals surface area contributed by atoms with Crippen molar-refractivity contribution in [1.29, 1.82) is 0 Å². The Labute approximate surface area is 155 Å². The van der Waals surface area contributed by atoms with E-state index >= 15 is 0 Å². The lowest BCUT2D eigenvalue weighted by Gasteiger charge is -2.40. The lowest BCUT2D eigenvalue weighted by Crippen LogP contribution is -2.57. The van der Waals surface area contributed by atoms with Crippen molar-refractivity contribution >= 4 is 11.8 Å². The Hall–Kier alpha value is -3.09. The third kappa shape index (κ3) is 3.20. The Morgan fingerprint density at radius 1 is 1.04 bits per heavy atom. The summed E-state index contributed by atoms with van der Waals surface area (Å²) in [7, 11) is 0. The average Bonchev–Trinajstić information content (AvgIpc) is 2.65. The zero-order valence-electron chi connectivity index (χ0n) is 14.5. The van der Waals surface area contributed by atoms with E-state index in [4.69, 9.17) is 9.47 Å². The molecular weight excluding hydrogens is 351 g/mol. The number of ether oxygens (including phenoxy) is 2. The lowest BCUT2D eigenvalue weighted by molar-refractivity contribution is -0.138. The van der Waals surface area contributed by atoms with Crippen LogP contribution in [0.5, 0.6) is 11.5 Å². The Morgan fingerprint density at radius 2 is 1.81 bits per heavy atom. The van der Waals surface area contributed by atoms with Gasteiger partial charge in [-0.2, -0.15) is 0 Å². The third-order valence-corrected chi connectivity index (χ3v) is 5.12. The summed E-state index contributed by atoms with van der Waals surface area (Å²) in [4.78, 5) is 25.1. The second-order valence-electron chi connectivity index (χ2n) is 6.75. The number of hydrogen-bond donors (Lipinski definition) is 2. The van der Waals surface area contributed by atoms with Crippen LogP contribution < -0.4 is 20.3 Å². The van der Waals surface area contributed by atoms with Crippen molar-refractivity contribution in [2.45, 2.75) is 30.8 Å². The first-order valence-corrected chi connectivity index (χ1v) is 8.83. The molecule has 27 heavy (non-hydrogen) atoms. The number of halogens is 1. The Bertz CT molecular complexity index is 882. The topological polar surface area (TPSA) is 76.7 Å². The molecule has 0 spiro atoms. The van der Waals surface area contributed by atoms with Gasteiger partial charge in [0.05, 0.1) is 5.41 Å². The van der Waals surface area contributed by atoms with Crippen LogP contribution in [-0.4, -0.2) is 24.5 Å². The largest absolute Gasteiger partial charge is 0.485 e. The highest BCUT2D eigenvalue weighted by atomic mass is 19.1. The van der Waals surface area contributed by atoms with Crippen molar-refractivity contribution in [3.05, 3.63) is 59.9 Å². The van der Waals surface area contributed by atoms with Gasteiger partial charge in [0, 0.05) is 0 Å². The highest BCUT2D eigenvalue weighted by Crippen LogP contribution is 2.44. The van der Waals surface area contributed by atoms with Crippen molar-refractivity contribution < 1.29 is 23.5 Å². The van der Waals surface area contributed by atoms with Crippen molar-refractivity contribution in [3.8, 4) is 11.5 Å². The molecule has 0 radical (unpaired) electrons. The van der Waals surface area contributed by atoms with E-state index in [1.54, 1.807) is 30.3 Å². The summed E-state index contributed by atoms with van der Waals surface area (Å²) in [5.74, 6) is -0.200. The molecule has 1 atom stereocenters. The first-order chi connectivity index (χ1) is 13.1. The fraction of sp³-hybridized carbons (Fsp3) is 0.300. The van der Waals surface area contributed by atoms with E-state index in [9.17, 15) is 14.0 Å². The van der Waals surface area contributed by atoms with Crippen LogP contribution in [0.4, 0.5) is 4.39 Å². The Kier molecular flexibility index (Phi) is 4.43. The average molecular weight is 370 g/mol. The smallest absolute Gasteiger partial charge is 0.283 e. The van der Waals surface area contributed by atoms with Crippen LogP contribution in [-0.2, 0) is 15.0 Å². The number of hydrogen-bond acceptors (Lipinski definition) is 4. The number of fused-ring (bicyclic) bond motifs is 1. The van der Waals surface area contributed by atoms with Crippen molar-refractivity contribution in [3.63, 3.8) is 0 Å². The van der Waals surface area contributed by atoms with Gasteiger partial charge in [0.15, 0.2) is 11.5 Å². The quantitative estimate of drug-likeness (QED) is 0.813. The first-order valence-electron chi connectivity index (χ1n) is 8.83. The fourth-order valence-corrected chi connectivity index (χ4v) is 3.43. The molecule has 4 rings (SSSR count). The molecule has 0 aromatic heterocycles. The summed E-state index contributed by atoms with van der Waals surface area (Å²) in [5.41, 5.74) is 4.68. The van der Waals surface area contributed by atoms with Crippen molar-refractivity contribution in [2.75, 3.05) is 6.61 Å².